The van der Waals surface area contributed by atoms with Crippen LogP contribution in [0.1, 0.15) is 31.4 Å². The van der Waals surface area contributed by atoms with Crippen molar-refractivity contribution < 1.29 is 9.90 Å². The zero-order chi connectivity index (χ0) is 14.9. The fourth-order valence-corrected chi connectivity index (χ4v) is 2.23. The summed E-state index contributed by atoms with van der Waals surface area (Å²) in [5, 5.41) is 21.1. The first-order valence-electron chi connectivity index (χ1n) is 6.50. The molecule has 2 aromatic rings. The number of carbonyl (C=O) groups is 1. The Morgan fingerprint density at radius 3 is 2.45 bits per heavy atom. The van der Waals surface area contributed by atoms with E-state index in [1.807, 2.05) is 39.0 Å². The van der Waals surface area contributed by atoms with E-state index in [-0.39, 0.29) is 0 Å². The Morgan fingerprint density at radius 2 is 1.95 bits per heavy atom. The Balaban J connectivity index is 2.68. The molecule has 0 spiro atoms. The summed E-state index contributed by atoms with van der Waals surface area (Å²) < 4.78 is 1.41. The lowest BCUT2D eigenvalue weighted by atomic mass is 9.97. The lowest BCUT2D eigenvalue weighted by molar-refractivity contribution is -0.147. The fraction of sp³-hybridized carbons (Fsp3) is 0.429. The van der Waals surface area contributed by atoms with Gasteiger partial charge in [0.15, 0.2) is 11.4 Å². The van der Waals surface area contributed by atoms with Gasteiger partial charge in [-0.25, -0.2) is 9.48 Å². The van der Waals surface area contributed by atoms with Crippen LogP contribution < -0.4 is 0 Å². The van der Waals surface area contributed by atoms with E-state index in [0.29, 0.717) is 12.2 Å². The second-order valence-electron chi connectivity index (χ2n) is 5.11. The van der Waals surface area contributed by atoms with Gasteiger partial charge in [-0.3, -0.25) is 0 Å². The molecule has 2 rings (SSSR count). The molecule has 0 saturated heterocycles. The first-order chi connectivity index (χ1) is 9.41. The van der Waals surface area contributed by atoms with E-state index in [2.05, 4.69) is 15.5 Å². The smallest absolute Gasteiger partial charge is 0.331 e. The van der Waals surface area contributed by atoms with Gasteiger partial charge >= 0.3 is 5.97 Å². The summed E-state index contributed by atoms with van der Waals surface area (Å²) in [6.45, 7) is 7.36. The zero-order valence-electron chi connectivity index (χ0n) is 12.1. The lowest BCUT2D eigenvalue weighted by Gasteiger charge is -2.24. The third-order valence-corrected chi connectivity index (χ3v) is 3.79. The minimum Gasteiger partial charge on any atom is -0.479 e. The van der Waals surface area contributed by atoms with E-state index in [0.717, 1.165) is 16.7 Å². The summed E-state index contributed by atoms with van der Waals surface area (Å²) in [7, 11) is 0. The molecule has 6 nitrogen and oxygen atoms in total. The number of hydrogen-bond donors (Lipinski definition) is 1. The number of hydrogen-bond acceptors (Lipinski definition) is 4. The number of aryl methyl sites for hydroxylation is 2. The molecule has 1 aromatic heterocycles. The van der Waals surface area contributed by atoms with Crippen molar-refractivity contribution in [3.63, 3.8) is 0 Å². The van der Waals surface area contributed by atoms with Gasteiger partial charge in [-0.05, 0) is 48.7 Å². The van der Waals surface area contributed by atoms with Gasteiger partial charge in [0, 0.05) is 5.56 Å². The fourth-order valence-electron chi connectivity index (χ4n) is 2.23. The Labute approximate surface area is 117 Å². The van der Waals surface area contributed by atoms with Gasteiger partial charge in [0.1, 0.15) is 0 Å². The molecular weight excluding hydrogens is 256 g/mol. The van der Waals surface area contributed by atoms with Crippen LogP contribution in [-0.4, -0.2) is 31.3 Å². The van der Waals surface area contributed by atoms with Crippen LogP contribution in [0.3, 0.4) is 0 Å². The minimum atomic E-state index is -1.16. The number of tetrazole rings is 1. The minimum absolute atomic E-state index is 0.394. The summed E-state index contributed by atoms with van der Waals surface area (Å²) in [6.07, 6.45) is 0.394. The number of carboxylic acid groups (broad SMARTS) is 1. The van der Waals surface area contributed by atoms with Crippen LogP contribution in [0.15, 0.2) is 18.2 Å². The molecule has 0 aliphatic heterocycles. The normalized spacial score (nSPS) is 14.0. The summed E-state index contributed by atoms with van der Waals surface area (Å²) in [5.74, 6) is -0.452. The van der Waals surface area contributed by atoms with Crippen LogP contribution in [0.2, 0.25) is 0 Å². The molecule has 0 radical (unpaired) electrons. The van der Waals surface area contributed by atoms with Gasteiger partial charge in [0.05, 0.1) is 0 Å². The maximum absolute atomic E-state index is 11.6. The van der Waals surface area contributed by atoms with E-state index in [1.54, 1.807) is 6.92 Å². The molecule has 0 bridgehead atoms. The van der Waals surface area contributed by atoms with E-state index in [1.165, 1.54) is 4.68 Å². The number of rotatable bonds is 4. The van der Waals surface area contributed by atoms with Gasteiger partial charge in [0.2, 0.25) is 0 Å². The van der Waals surface area contributed by atoms with Crippen LogP contribution in [0.4, 0.5) is 0 Å². The van der Waals surface area contributed by atoms with Crippen LogP contribution in [0.25, 0.3) is 11.4 Å². The van der Waals surface area contributed by atoms with Crippen molar-refractivity contribution in [1.82, 2.24) is 20.2 Å². The average Bonchev–Trinajstić information content (AvgIpc) is 2.87. The van der Waals surface area contributed by atoms with Crippen molar-refractivity contribution in [2.24, 2.45) is 0 Å². The molecule has 6 heteroatoms. The Kier molecular flexibility index (Phi) is 3.57. The number of benzene rings is 1. The third-order valence-electron chi connectivity index (χ3n) is 3.79. The summed E-state index contributed by atoms with van der Waals surface area (Å²) in [6, 6.07) is 5.88. The molecule has 0 aliphatic rings. The SMILES string of the molecule is CCC(C)(C(=O)O)n1nnnc1-c1c(C)cccc1C. The third kappa shape index (κ3) is 2.07. The van der Waals surface area contributed by atoms with E-state index >= 15 is 0 Å². The average molecular weight is 274 g/mol. The van der Waals surface area contributed by atoms with Crippen molar-refractivity contribution in [3.8, 4) is 11.4 Å². The molecule has 0 fully saturated rings. The maximum Gasteiger partial charge on any atom is 0.331 e. The highest BCUT2D eigenvalue weighted by molar-refractivity contribution is 5.77. The lowest BCUT2D eigenvalue weighted by Crippen LogP contribution is -2.39. The Hall–Kier alpha value is -2.24. The molecule has 1 aromatic carbocycles. The van der Waals surface area contributed by atoms with Crippen molar-refractivity contribution in [2.75, 3.05) is 0 Å². The molecule has 0 aliphatic carbocycles. The molecule has 106 valence electrons. The molecule has 0 saturated carbocycles. The van der Waals surface area contributed by atoms with Gasteiger partial charge in [0.25, 0.3) is 0 Å². The summed E-state index contributed by atoms with van der Waals surface area (Å²) in [5.41, 5.74) is 1.77. The second-order valence-corrected chi connectivity index (χ2v) is 5.11. The first kappa shape index (κ1) is 14.2. The topological polar surface area (TPSA) is 80.9 Å². The monoisotopic (exact) mass is 274 g/mol. The predicted molar refractivity (Wildman–Crippen MR) is 74.3 cm³/mol. The van der Waals surface area contributed by atoms with Crippen LogP contribution >= 0.6 is 0 Å². The zero-order valence-corrected chi connectivity index (χ0v) is 12.1. The van der Waals surface area contributed by atoms with Crippen LogP contribution in [0.5, 0.6) is 0 Å². The van der Waals surface area contributed by atoms with E-state index in [4.69, 9.17) is 0 Å². The summed E-state index contributed by atoms with van der Waals surface area (Å²) in [4.78, 5) is 11.6. The van der Waals surface area contributed by atoms with E-state index in [9.17, 15) is 9.90 Å². The molecule has 0 amide bonds. The number of aromatic nitrogens is 4. The highest BCUT2D eigenvalue weighted by Gasteiger charge is 2.37. The Morgan fingerprint density at radius 1 is 1.35 bits per heavy atom. The number of nitrogens with zero attached hydrogens (tertiary/aromatic N) is 4. The quantitative estimate of drug-likeness (QED) is 0.924. The largest absolute Gasteiger partial charge is 0.479 e. The number of aliphatic carboxylic acids is 1. The van der Waals surface area contributed by atoms with Crippen LogP contribution in [0, 0.1) is 13.8 Å². The summed E-state index contributed by atoms with van der Waals surface area (Å²) >= 11 is 0. The van der Waals surface area contributed by atoms with Crippen molar-refractivity contribution in [3.05, 3.63) is 29.3 Å². The molecule has 1 heterocycles. The maximum atomic E-state index is 11.6. The first-order valence-corrected chi connectivity index (χ1v) is 6.50. The van der Waals surface area contributed by atoms with Crippen LogP contribution in [-0.2, 0) is 10.3 Å². The number of carboxylic acids is 1. The molecule has 20 heavy (non-hydrogen) atoms. The standard InChI is InChI=1S/C14H18N4O2/c1-5-14(4,13(19)20)18-12(15-16-17-18)11-9(2)7-6-8-10(11)3/h6-8H,5H2,1-4H3,(H,19,20). The van der Waals surface area contributed by atoms with Crippen molar-refractivity contribution >= 4 is 5.97 Å². The molecule has 1 atom stereocenters. The van der Waals surface area contributed by atoms with Gasteiger partial charge < -0.3 is 5.11 Å². The molecular formula is C14H18N4O2. The van der Waals surface area contributed by atoms with Gasteiger partial charge in [-0.2, -0.15) is 0 Å². The highest BCUT2D eigenvalue weighted by atomic mass is 16.4. The predicted octanol–water partition coefficient (Wildman–Crippen LogP) is 2.17. The van der Waals surface area contributed by atoms with Gasteiger partial charge in [-0.15, -0.1) is 5.10 Å². The molecule has 1 unspecified atom stereocenters. The Bertz CT molecular complexity index is 630. The van der Waals surface area contributed by atoms with Crippen molar-refractivity contribution in [2.45, 2.75) is 39.7 Å². The molecule has 1 N–H and O–H groups in total. The highest BCUT2D eigenvalue weighted by Crippen LogP contribution is 2.30. The van der Waals surface area contributed by atoms with E-state index < -0.39 is 11.5 Å². The second kappa shape index (κ2) is 5.03. The van der Waals surface area contributed by atoms with Gasteiger partial charge in [-0.1, -0.05) is 25.1 Å². The van der Waals surface area contributed by atoms with Crippen molar-refractivity contribution in [1.29, 1.82) is 0 Å².